The van der Waals surface area contributed by atoms with E-state index in [-0.39, 0.29) is 12.6 Å². The van der Waals surface area contributed by atoms with Gasteiger partial charge in [0.05, 0.1) is 0 Å². The fraction of sp³-hybridized carbons (Fsp3) is 0.692. The van der Waals surface area contributed by atoms with Gasteiger partial charge in [-0.3, -0.25) is 0 Å². The van der Waals surface area contributed by atoms with Gasteiger partial charge in [-0.2, -0.15) is 13.2 Å². The summed E-state index contributed by atoms with van der Waals surface area (Å²) >= 11 is 0. The number of aromatic nitrogens is 2. The summed E-state index contributed by atoms with van der Waals surface area (Å²) in [4.78, 5) is 9.71. The molecule has 8 heteroatoms. The zero-order chi connectivity index (χ0) is 15.5. The van der Waals surface area contributed by atoms with Crippen LogP contribution in [0, 0.1) is 0 Å². The molecule has 1 aromatic rings. The number of hydrogen-bond acceptors (Lipinski definition) is 5. The molecule has 5 nitrogen and oxygen atoms in total. The standard InChI is InChI=1S/C13H19F3N4O/c1-3-21-7-11-18-10(17-2)6-12(19-11)20(9-4-5-9)8-13(14,15)16/h6,9H,3-5,7-8H2,1-2H3,(H,17,18,19). The van der Waals surface area contributed by atoms with E-state index in [0.717, 1.165) is 12.8 Å². The lowest BCUT2D eigenvalue weighted by molar-refractivity contribution is -0.120. The van der Waals surface area contributed by atoms with Crippen LogP contribution in [0.25, 0.3) is 0 Å². The molecule has 1 fully saturated rings. The molecule has 0 radical (unpaired) electrons. The lowest BCUT2D eigenvalue weighted by atomic mass is 10.4. The Morgan fingerprint density at radius 3 is 2.62 bits per heavy atom. The minimum atomic E-state index is -4.26. The van der Waals surface area contributed by atoms with Gasteiger partial charge in [0.25, 0.3) is 0 Å². The van der Waals surface area contributed by atoms with Gasteiger partial charge in [0, 0.05) is 25.8 Å². The molecule has 1 aliphatic rings. The summed E-state index contributed by atoms with van der Waals surface area (Å²) in [5.74, 6) is 1.16. The Balaban J connectivity index is 2.25. The molecular weight excluding hydrogens is 285 g/mol. The maximum atomic E-state index is 12.7. The van der Waals surface area contributed by atoms with Crippen molar-refractivity contribution in [1.82, 2.24) is 9.97 Å². The van der Waals surface area contributed by atoms with E-state index in [1.165, 1.54) is 4.90 Å². The first-order valence-electron chi connectivity index (χ1n) is 6.89. The van der Waals surface area contributed by atoms with Crippen LogP contribution in [0.4, 0.5) is 24.8 Å². The fourth-order valence-corrected chi connectivity index (χ4v) is 1.99. The predicted molar refractivity (Wildman–Crippen MR) is 73.3 cm³/mol. The van der Waals surface area contributed by atoms with E-state index < -0.39 is 12.7 Å². The van der Waals surface area contributed by atoms with Gasteiger partial charge in [-0.05, 0) is 19.8 Å². The van der Waals surface area contributed by atoms with Crippen LogP contribution in [-0.2, 0) is 11.3 Å². The number of halogens is 3. The van der Waals surface area contributed by atoms with Gasteiger partial charge >= 0.3 is 6.18 Å². The number of hydrogen-bond donors (Lipinski definition) is 1. The van der Waals surface area contributed by atoms with E-state index in [1.54, 1.807) is 13.1 Å². The molecule has 0 aromatic carbocycles. The summed E-state index contributed by atoms with van der Waals surface area (Å²) in [5, 5.41) is 2.85. The number of alkyl halides is 3. The summed E-state index contributed by atoms with van der Waals surface area (Å²) in [6.45, 7) is 1.52. The van der Waals surface area contributed by atoms with Crippen LogP contribution in [-0.4, -0.2) is 42.4 Å². The second kappa shape index (κ2) is 6.46. The monoisotopic (exact) mass is 304 g/mol. The molecule has 2 rings (SSSR count). The van der Waals surface area contributed by atoms with E-state index in [9.17, 15) is 13.2 Å². The Morgan fingerprint density at radius 1 is 1.38 bits per heavy atom. The highest BCUT2D eigenvalue weighted by atomic mass is 19.4. The third-order valence-electron chi connectivity index (χ3n) is 3.08. The van der Waals surface area contributed by atoms with Gasteiger partial charge in [0.1, 0.15) is 24.8 Å². The zero-order valence-corrected chi connectivity index (χ0v) is 12.1. The van der Waals surface area contributed by atoms with Crippen molar-refractivity contribution in [3.8, 4) is 0 Å². The van der Waals surface area contributed by atoms with Gasteiger partial charge in [0.2, 0.25) is 0 Å². The Kier molecular flexibility index (Phi) is 4.87. The third-order valence-corrected chi connectivity index (χ3v) is 3.08. The molecule has 0 spiro atoms. The van der Waals surface area contributed by atoms with Crippen molar-refractivity contribution in [1.29, 1.82) is 0 Å². The van der Waals surface area contributed by atoms with Gasteiger partial charge in [-0.25, -0.2) is 9.97 Å². The molecule has 0 aliphatic heterocycles. The van der Waals surface area contributed by atoms with Gasteiger partial charge in [0.15, 0.2) is 5.82 Å². The van der Waals surface area contributed by atoms with E-state index in [1.807, 2.05) is 6.92 Å². The first-order chi connectivity index (χ1) is 9.93. The van der Waals surface area contributed by atoms with Crippen LogP contribution in [0.2, 0.25) is 0 Å². The van der Waals surface area contributed by atoms with Crippen molar-refractivity contribution in [2.75, 3.05) is 30.4 Å². The zero-order valence-electron chi connectivity index (χ0n) is 12.1. The maximum Gasteiger partial charge on any atom is 0.405 e. The summed E-state index contributed by atoms with van der Waals surface area (Å²) in [6, 6.07) is 1.45. The van der Waals surface area contributed by atoms with E-state index in [2.05, 4.69) is 15.3 Å². The Labute approximate surface area is 121 Å². The molecule has 1 N–H and O–H groups in total. The molecule has 1 saturated carbocycles. The molecular formula is C13H19F3N4O. The van der Waals surface area contributed by atoms with Crippen LogP contribution in [0.5, 0.6) is 0 Å². The quantitative estimate of drug-likeness (QED) is 0.839. The van der Waals surface area contributed by atoms with Crippen LogP contribution < -0.4 is 10.2 Å². The molecule has 21 heavy (non-hydrogen) atoms. The average molecular weight is 304 g/mol. The van der Waals surface area contributed by atoms with Crippen molar-refractivity contribution >= 4 is 11.6 Å². The lowest BCUT2D eigenvalue weighted by Crippen LogP contribution is -2.36. The van der Waals surface area contributed by atoms with Crippen LogP contribution in [0.15, 0.2) is 6.07 Å². The smallest absolute Gasteiger partial charge is 0.374 e. The summed E-state index contributed by atoms with van der Waals surface area (Å²) in [6.07, 6.45) is -2.74. The molecule has 118 valence electrons. The number of nitrogens with zero attached hydrogens (tertiary/aromatic N) is 3. The fourth-order valence-electron chi connectivity index (χ4n) is 1.99. The summed E-state index contributed by atoms with van der Waals surface area (Å²) in [5.41, 5.74) is 0. The van der Waals surface area contributed by atoms with Crippen LogP contribution >= 0.6 is 0 Å². The van der Waals surface area contributed by atoms with Gasteiger partial charge in [-0.1, -0.05) is 0 Å². The van der Waals surface area contributed by atoms with E-state index in [4.69, 9.17) is 4.74 Å². The Morgan fingerprint density at radius 2 is 2.10 bits per heavy atom. The SMILES string of the molecule is CCOCc1nc(NC)cc(N(CC(F)(F)F)C2CC2)n1. The molecule has 1 aliphatic carbocycles. The highest BCUT2D eigenvalue weighted by Crippen LogP contribution is 2.34. The normalized spacial score (nSPS) is 15.1. The largest absolute Gasteiger partial charge is 0.405 e. The van der Waals surface area contributed by atoms with Gasteiger partial charge in [-0.15, -0.1) is 0 Å². The minimum absolute atomic E-state index is 0.0915. The summed E-state index contributed by atoms with van der Waals surface area (Å²) < 4.78 is 43.5. The lowest BCUT2D eigenvalue weighted by Gasteiger charge is -2.25. The molecule has 0 bridgehead atoms. The number of anilines is 2. The second-order valence-corrected chi connectivity index (χ2v) is 4.89. The average Bonchev–Trinajstić information content (AvgIpc) is 3.25. The van der Waals surface area contributed by atoms with Crippen molar-refractivity contribution in [2.24, 2.45) is 0 Å². The molecule has 0 unspecified atom stereocenters. The maximum absolute atomic E-state index is 12.7. The molecule has 0 atom stereocenters. The minimum Gasteiger partial charge on any atom is -0.374 e. The number of nitrogens with one attached hydrogen (secondary N) is 1. The van der Waals surface area contributed by atoms with Gasteiger partial charge < -0.3 is 15.0 Å². The van der Waals surface area contributed by atoms with Crippen molar-refractivity contribution in [3.05, 3.63) is 11.9 Å². The number of ether oxygens (including phenoxy) is 1. The number of rotatable bonds is 7. The van der Waals surface area contributed by atoms with Crippen LogP contribution in [0.1, 0.15) is 25.6 Å². The first-order valence-corrected chi connectivity index (χ1v) is 6.89. The highest BCUT2D eigenvalue weighted by molar-refractivity contribution is 5.50. The van der Waals surface area contributed by atoms with E-state index >= 15 is 0 Å². The second-order valence-electron chi connectivity index (χ2n) is 4.89. The van der Waals surface area contributed by atoms with Crippen molar-refractivity contribution in [3.63, 3.8) is 0 Å². The topological polar surface area (TPSA) is 50.3 Å². The molecule has 1 heterocycles. The molecule has 0 amide bonds. The van der Waals surface area contributed by atoms with Crippen molar-refractivity contribution < 1.29 is 17.9 Å². The predicted octanol–water partition coefficient (Wildman–Crippen LogP) is 2.59. The van der Waals surface area contributed by atoms with Crippen molar-refractivity contribution in [2.45, 2.75) is 38.6 Å². The van der Waals surface area contributed by atoms with Crippen LogP contribution in [0.3, 0.4) is 0 Å². The highest BCUT2D eigenvalue weighted by Gasteiger charge is 2.39. The molecule has 0 saturated heterocycles. The Bertz CT molecular complexity index is 477. The summed E-state index contributed by atoms with van der Waals surface area (Å²) in [7, 11) is 1.67. The Hall–Kier alpha value is -1.57. The third kappa shape index (κ3) is 4.73. The molecule has 1 aromatic heterocycles. The van der Waals surface area contributed by atoms with E-state index in [0.29, 0.717) is 24.1 Å². The first kappa shape index (κ1) is 15.8.